The van der Waals surface area contributed by atoms with E-state index in [-0.39, 0.29) is 0 Å². The summed E-state index contributed by atoms with van der Waals surface area (Å²) in [5.74, 6) is 0.526. The molecule has 0 unspecified atom stereocenters. The molecule has 0 aliphatic rings. The van der Waals surface area contributed by atoms with Gasteiger partial charge in [-0.1, -0.05) is 176 Å². The lowest BCUT2D eigenvalue weighted by atomic mass is 9.91. The van der Waals surface area contributed by atoms with Crippen molar-refractivity contribution >= 4 is 43.6 Å². The second kappa shape index (κ2) is 15.3. The lowest BCUT2D eigenvalue weighted by Gasteiger charge is -2.21. The SMILES string of the molecule is N#Cc1c(-c2ccccc2)nc(-c2c(-c3ccccc3)cc(-c3ccccc3)cc2-n2c3ccccc3c3cc(-n4c5ccccc5c5ccccc54)ccc32)nc1-c1ccccc1. The minimum absolute atomic E-state index is 0.430. The molecule has 0 spiro atoms. The van der Waals surface area contributed by atoms with E-state index in [1.54, 1.807) is 0 Å². The summed E-state index contributed by atoms with van der Waals surface area (Å²) in [5, 5.41) is 15.6. The zero-order valence-electron chi connectivity index (χ0n) is 34.6. The van der Waals surface area contributed by atoms with Gasteiger partial charge in [0.15, 0.2) is 5.82 Å². The average Bonchev–Trinajstić information content (AvgIpc) is 3.89. The fourth-order valence-electron chi connectivity index (χ4n) is 9.53. The molecule has 0 N–H and O–H groups in total. The highest BCUT2D eigenvalue weighted by atomic mass is 15.0. The molecule has 64 heavy (non-hydrogen) atoms. The van der Waals surface area contributed by atoms with Crippen LogP contribution >= 0.6 is 0 Å². The maximum atomic E-state index is 10.9. The molecule has 0 saturated heterocycles. The van der Waals surface area contributed by atoms with Gasteiger partial charge in [0.1, 0.15) is 11.6 Å². The fraction of sp³-hybridized carbons (Fsp3) is 0. The topological polar surface area (TPSA) is 59.4 Å². The number of hydrogen-bond acceptors (Lipinski definition) is 3. The molecule has 5 heteroatoms. The van der Waals surface area contributed by atoms with Gasteiger partial charge in [0.2, 0.25) is 0 Å². The number of aromatic nitrogens is 4. The van der Waals surface area contributed by atoms with E-state index in [2.05, 4.69) is 173 Å². The summed E-state index contributed by atoms with van der Waals surface area (Å²) in [4.78, 5) is 10.9. The van der Waals surface area contributed by atoms with E-state index in [0.717, 1.165) is 72.1 Å². The number of fused-ring (bicyclic) bond motifs is 6. The van der Waals surface area contributed by atoms with Crippen molar-refractivity contribution in [3.63, 3.8) is 0 Å². The molecule has 5 nitrogen and oxygen atoms in total. The van der Waals surface area contributed by atoms with Crippen molar-refractivity contribution in [1.82, 2.24) is 19.1 Å². The Morgan fingerprint density at radius 2 is 0.797 bits per heavy atom. The molecule has 9 aromatic carbocycles. The number of nitrogens with zero attached hydrogens (tertiary/aromatic N) is 5. The standard InChI is InChI=1S/C59H37N5/c60-38-50-57(41-23-9-3-10-24-41)61-59(62-58(50)42-25-11-4-12-26-42)56-48(40-21-7-2-8-22-40)35-43(39-19-5-1-6-20-39)36-55(56)64-53-32-18-15-29-47(53)49-37-44(33-34-54(49)64)63-51-30-16-13-27-45(51)46-28-14-17-31-52(46)63/h1-37H. The number of rotatable bonds is 7. The average molecular weight is 816 g/mol. The van der Waals surface area contributed by atoms with Gasteiger partial charge in [0, 0.05) is 38.4 Å². The van der Waals surface area contributed by atoms with Crippen molar-refractivity contribution in [2.75, 3.05) is 0 Å². The van der Waals surface area contributed by atoms with Crippen molar-refractivity contribution < 1.29 is 0 Å². The van der Waals surface area contributed by atoms with E-state index in [1.807, 2.05) is 66.7 Å². The van der Waals surface area contributed by atoms with Crippen LogP contribution < -0.4 is 0 Å². The molecule has 0 aliphatic heterocycles. The van der Waals surface area contributed by atoms with Gasteiger partial charge in [0.05, 0.1) is 44.7 Å². The van der Waals surface area contributed by atoms with Crippen LogP contribution in [0.25, 0.3) is 111 Å². The number of benzene rings is 9. The summed E-state index contributed by atoms with van der Waals surface area (Å²) in [6, 6.07) is 80.9. The monoisotopic (exact) mass is 815 g/mol. The van der Waals surface area contributed by atoms with Crippen LogP contribution in [0.1, 0.15) is 5.56 Å². The van der Waals surface area contributed by atoms with E-state index in [1.165, 1.54) is 21.8 Å². The van der Waals surface area contributed by atoms with E-state index in [4.69, 9.17) is 9.97 Å². The maximum Gasteiger partial charge on any atom is 0.163 e. The lowest BCUT2D eigenvalue weighted by molar-refractivity contribution is 1.13. The second-order valence-corrected chi connectivity index (χ2v) is 16.0. The molecule has 0 bridgehead atoms. The molecule has 298 valence electrons. The Kier molecular flexibility index (Phi) is 8.81. The Balaban J connectivity index is 1.22. The number of para-hydroxylation sites is 3. The highest BCUT2D eigenvalue weighted by Gasteiger charge is 2.26. The van der Waals surface area contributed by atoms with Gasteiger partial charge < -0.3 is 9.13 Å². The Hall–Kier alpha value is -8.85. The first-order valence-corrected chi connectivity index (χ1v) is 21.5. The van der Waals surface area contributed by atoms with Gasteiger partial charge in [-0.3, -0.25) is 0 Å². The van der Waals surface area contributed by atoms with Gasteiger partial charge in [-0.05, 0) is 70.8 Å². The number of hydrogen-bond donors (Lipinski definition) is 0. The Bertz CT molecular complexity index is 3650. The quantitative estimate of drug-likeness (QED) is 0.161. The molecule has 3 aromatic heterocycles. The molecule has 12 aromatic rings. The zero-order chi connectivity index (χ0) is 42.6. The molecule has 0 atom stereocenters. The zero-order valence-corrected chi connectivity index (χ0v) is 34.6. The predicted molar refractivity (Wildman–Crippen MR) is 263 cm³/mol. The van der Waals surface area contributed by atoms with Crippen LogP contribution in [-0.2, 0) is 0 Å². The first-order chi connectivity index (χ1) is 31.7. The summed E-state index contributed by atoms with van der Waals surface area (Å²) < 4.78 is 4.77. The van der Waals surface area contributed by atoms with Crippen LogP contribution in [0, 0.1) is 11.3 Å². The third-order valence-electron chi connectivity index (χ3n) is 12.4. The molecule has 0 radical (unpaired) electrons. The molecular formula is C59H37N5. The summed E-state index contributed by atoms with van der Waals surface area (Å²) >= 11 is 0. The highest BCUT2D eigenvalue weighted by molar-refractivity contribution is 6.13. The Morgan fingerprint density at radius 3 is 1.33 bits per heavy atom. The van der Waals surface area contributed by atoms with Gasteiger partial charge in [0.25, 0.3) is 0 Å². The molecule has 0 aliphatic carbocycles. The van der Waals surface area contributed by atoms with Crippen molar-refractivity contribution in [2.24, 2.45) is 0 Å². The van der Waals surface area contributed by atoms with Crippen molar-refractivity contribution in [1.29, 1.82) is 5.26 Å². The maximum absolute atomic E-state index is 10.9. The lowest BCUT2D eigenvalue weighted by Crippen LogP contribution is -2.06. The van der Waals surface area contributed by atoms with Crippen LogP contribution in [0.3, 0.4) is 0 Å². The number of nitriles is 1. The van der Waals surface area contributed by atoms with Gasteiger partial charge in [-0.2, -0.15) is 5.26 Å². The predicted octanol–water partition coefficient (Wildman–Crippen LogP) is 14.9. The van der Waals surface area contributed by atoms with E-state index >= 15 is 0 Å². The van der Waals surface area contributed by atoms with E-state index in [0.29, 0.717) is 22.8 Å². The van der Waals surface area contributed by atoms with Crippen molar-refractivity contribution in [3.05, 3.63) is 230 Å². The third-order valence-corrected chi connectivity index (χ3v) is 12.4. The van der Waals surface area contributed by atoms with Crippen molar-refractivity contribution in [2.45, 2.75) is 0 Å². The summed E-state index contributed by atoms with van der Waals surface area (Å²) in [6.45, 7) is 0. The molecule has 3 heterocycles. The second-order valence-electron chi connectivity index (χ2n) is 16.0. The van der Waals surface area contributed by atoms with E-state index < -0.39 is 0 Å². The Labute approximate surface area is 370 Å². The van der Waals surface area contributed by atoms with Crippen molar-refractivity contribution in [3.8, 4) is 73.6 Å². The molecule has 12 rings (SSSR count). The summed E-state index contributed by atoms with van der Waals surface area (Å²) in [6.07, 6.45) is 0. The van der Waals surface area contributed by atoms with Gasteiger partial charge in [-0.15, -0.1) is 0 Å². The summed E-state index contributed by atoms with van der Waals surface area (Å²) in [7, 11) is 0. The molecule has 0 amide bonds. The van der Waals surface area contributed by atoms with Crippen LogP contribution in [-0.4, -0.2) is 19.1 Å². The largest absolute Gasteiger partial charge is 0.309 e. The minimum Gasteiger partial charge on any atom is -0.309 e. The smallest absolute Gasteiger partial charge is 0.163 e. The normalized spacial score (nSPS) is 11.4. The Morgan fingerprint density at radius 1 is 0.359 bits per heavy atom. The van der Waals surface area contributed by atoms with Crippen LogP contribution in [0.2, 0.25) is 0 Å². The summed E-state index contributed by atoms with van der Waals surface area (Å²) in [5.41, 5.74) is 14.8. The minimum atomic E-state index is 0.430. The third kappa shape index (κ3) is 6.00. The van der Waals surface area contributed by atoms with E-state index in [9.17, 15) is 5.26 Å². The fourth-order valence-corrected chi connectivity index (χ4v) is 9.53. The first-order valence-electron chi connectivity index (χ1n) is 21.5. The highest BCUT2D eigenvalue weighted by Crippen LogP contribution is 2.45. The van der Waals surface area contributed by atoms with Crippen LogP contribution in [0.4, 0.5) is 0 Å². The van der Waals surface area contributed by atoms with Crippen LogP contribution in [0.15, 0.2) is 224 Å². The van der Waals surface area contributed by atoms with Gasteiger partial charge >= 0.3 is 0 Å². The molecule has 0 saturated carbocycles. The molecule has 0 fully saturated rings. The van der Waals surface area contributed by atoms with Crippen LogP contribution in [0.5, 0.6) is 0 Å². The first kappa shape index (κ1) is 37.0. The molecular weight excluding hydrogens is 779 g/mol. The van der Waals surface area contributed by atoms with Gasteiger partial charge in [-0.25, -0.2) is 9.97 Å².